The third-order valence-electron chi connectivity index (χ3n) is 5.90. The third kappa shape index (κ3) is 4.36. The lowest BCUT2D eigenvalue weighted by atomic mass is 9.91. The Morgan fingerprint density at radius 1 is 1.13 bits per heavy atom. The van der Waals surface area contributed by atoms with Crippen LogP contribution in [0.25, 0.3) is 22.0 Å². The van der Waals surface area contributed by atoms with Crippen LogP contribution in [0.2, 0.25) is 0 Å². The first-order chi connectivity index (χ1) is 17.9. The Balaban J connectivity index is 2.10. The highest BCUT2D eigenvalue weighted by atomic mass is 19.4. The second-order valence-electron chi connectivity index (χ2n) is 8.18. The average Bonchev–Trinajstić information content (AvgIpc) is 3.19. The zero-order valence-electron chi connectivity index (χ0n) is 19.9. The predicted octanol–water partition coefficient (Wildman–Crippen LogP) is 3.69. The Morgan fingerprint density at radius 2 is 1.84 bits per heavy atom. The van der Waals surface area contributed by atoms with Crippen LogP contribution in [0.1, 0.15) is 43.4 Å². The molecule has 13 heteroatoms. The predicted molar refractivity (Wildman–Crippen MR) is 127 cm³/mol. The molecule has 0 atom stereocenters. The van der Waals surface area contributed by atoms with Gasteiger partial charge in [0, 0.05) is 27.8 Å². The van der Waals surface area contributed by atoms with Gasteiger partial charge in [-0.25, -0.2) is 9.37 Å². The third-order valence-corrected chi connectivity index (χ3v) is 5.90. The van der Waals surface area contributed by atoms with Crippen molar-refractivity contribution < 1.29 is 31.9 Å². The van der Waals surface area contributed by atoms with E-state index in [9.17, 15) is 27.2 Å². The van der Waals surface area contributed by atoms with E-state index in [4.69, 9.17) is 21.5 Å². The first kappa shape index (κ1) is 26.1. The van der Waals surface area contributed by atoms with Crippen molar-refractivity contribution in [3.63, 3.8) is 0 Å². The number of primary amides is 2. The molecule has 9 nitrogen and oxygen atoms in total. The van der Waals surface area contributed by atoms with Gasteiger partial charge in [-0.05, 0) is 31.2 Å². The fraction of sp³-hybridized carbons (Fsp3) is 0.160. The number of nitrogens with two attached hydrogens (primary N) is 2. The molecule has 0 radical (unpaired) electrons. The van der Waals surface area contributed by atoms with Gasteiger partial charge in [-0.15, -0.1) is 0 Å². The molecule has 0 unspecified atom stereocenters. The Morgan fingerprint density at radius 3 is 2.42 bits per heavy atom. The molecule has 2 heterocycles. The number of carbonyl (C=O) groups is 2. The second-order valence-corrected chi connectivity index (χ2v) is 8.18. The number of alkyl halides is 3. The van der Waals surface area contributed by atoms with E-state index in [0.29, 0.717) is 5.56 Å². The number of methoxy groups -OCH3 is 1. The van der Waals surface area contributed by atoms with E-state index in [0.717, 1.165) is 10.7 Å². The van der Waals surface area contributed by atoms with Crippen molar-refractivity contribution in [1.29, 1.82) is 5.26 Å². The van der Waals surface area contributed by atoms with E-state index in [2.05, 4.69) is 10.1 Å². The van der Waals surface area contributed by atoms with Gasteiger partial charge in [0.1, 0.15) is 17.3 Å². The number of hydrogen-bond acceptors (Lipinski definition) is 6. The molecule has 0 saturated carbocycles. The summed E-state index contributed by atoms with van der Waals surface area (Å²) in [6.45, 7) is 1.02. The van der Waals surface area contributed by atoms with Crippen molar-refractivity contribution in [3.8, 4) is 22.9 Å². The van der Waals surface area contributed by atoms with Gasteiger partial charge in [-0.1, -0.05) is 12.1 Å². The summed E-state index contributed by atoms with van der Waals surface area (Å²) in [4.78, 5) is 28.9. The topological polar surface area (TPSA) is 150 Å². The van der Waals surface area contributed by atoms with E-state index in [-0.39, 0.29) is 29.1 Å². The highest BCUT2D eigenvalue weighted by molar-refractivity contribution is 6.15. The molecule has 2 aromatic heterocycles. The second kappa shape index (κ2) is 9.47. The summed E-state index contributed by atoms with van der Waals surface area (Å²) in [5, 5.41) is 12.4. The maximum atomic E-state index is 14.9. The average molecular weight is 526 g/mol. The summed E-state index contributed by atoms with van der Waals surface area (Å²) in [6, 6.07) is 9.77. The molecule has 0 fully saturated rings. The Bertz CT molecular complexity index is 1670. The quantitative estimate of drug-likeness (QED) is 0.366. The molecule has 0 aliphatic heterocycles. The molecule has 0 aliphatic carbocycles. The van der Waals surface area contributed by atoms with Crippen LogP contribution in [0.4, 0.5) is 17.6 Å². The molecule has 0 saturated heterocycles. The molecule has 2 amide bonds. The van der Waals surface area contributed by atoms with Gasteiger partial charge in [-0.3, -0.25) is 14.3 Å². The number of fused-ring (bicyclic) bond motifs is 1. The van der Waals surface area contributed by atoms with E-state index >= 15 is 0 Å². The van der Waals surface area contributed by atoms with Crippen molar-refractivity contribution in [2.24, 2.45) is 11.5 Å². The standard InChI is InChI=1S/C25H18F4N6O3/c1-11-17(19-20(23(31)36)18-14(26)4-3-5-15(18)33-21(19)24(32)37)22(25(27,28)29)34-35(11)10-13-7-6-12(9-30)8-16(13)38-2/h3-8H,10H2,1-2H3,(H2,31,36)(H2,32,37). The Kier molecular flexibility index (Phi) is 6.50. The largest absolute Gasteiger partial charge is 0.496 e. The molecule has 0 spiro atoms. The summed E-state index contributed by atoms with van der Waals surface area (Å²) in [7, 11) is 1.33. The molecule has 4 N–H and O–H groups in total. The van der Waals surface area contributed by atoms with Crippen LogP contribution < -0.4 is 16.2 Å². The normalized spacial score (nSPS) is 11.4. The Labute approximate surface area is 212 Å². The number of halogens is 4. The van der Waals surface area contributed by atoms with Crippen LogP contribution in [-0.2, 0) is 12.7 Å². The molecule has 2 aromatic carbocycles. The van der Waals surface area contributed by atoms with Gasteiger partial charge in [0.05, 0.1) is 36.4 Å². The summed E-state index contributed by atoms with van der Waals surface area (Å²) < 4.78 is 64.0. The zero-order valence-corrected chi connectivity index (χ0v) is 19.9. The van der Waals surface area contributed by atoms with Gasteiger partial charge < -0.3 is 16.2 Å². The first-order valence-electron chi connectivity index (χ1n) is 10.8. The fourth-order valence-corrected chi connectivity index (χ4v) is 4.25. The molecular formula is C25H18F4N6O3. The van der Waals surface area contributed by atoms with E-state index in [1.54, 1.807) is 0 Å². The number of nitrogens with zero attached hydrogens (tertiary/aromatic N) is 4. The molecule has 4 aromatic rings. The summed E-state index contributed by atoms with van der Waals surface area (Å²) in [5.74, 6) is -3.32. The number of hydrogen-bond donors (Lipinski definition) is 2. The minimum atomic E-state index is -5.08. The van der Waals surface area contributed by atoms with Crippen LogP contribution in [0.3, 0.4) is 0 Å². The number of carbonyl (C=O) groups excluding carboxylic acids is 2. The summed E-state index contributed by atoms with van der Waals surface area (Å²) in [6.07, 6.45) is -5.08. The van der Waals surface area contributed by atoms with Crippen molar-refractivity contribution in [2.45, 2.75) is 19.6 Å². The monoisotopic (exact) mass is 526 g/mol. The smallest absolute Gasteiger partial charge is 0.435 e. The molecule has 0 aliphatic rings. The Hall–Kier alpha value is -4.99. The van der Waals surface area contributed by atoms with Gasteiger partial charge in [-0.2, -0.15) is 23.5 Å². The SMILES string of the molecule is COc1cc(C#N)ccc1Cn1nc(C(F)(F)F)c(-c2c(C(N)=O)nc3cccc(F)c3c2C(N)=O)c1C. The summed E-state index contributed by atoms with van der Waals surface area (Å²) in [5.41, 5.74) is 7.04. The van der Waals surface area contributed by atoms with Crippen molar-refractivity contribution in [1.82, 2.24) is 14.8 Å². The van der Waals surface area contributed by atoms with Gasteiger partial charge in [0.15, 0.2) is 5.69 Å². The number of amides is 2. The maximum absolute atomic E-state index is 14.9. The fourth-order valence-electron chi connectivity index (χ4n) is 4.25. The van der Waals surface area contributed by atoms with Crippen LogP contribution in [0, 0.1) is 24.1 Å². The van der Waals surface area contributed by atoms with Crippen LogP contribution >= 0.6 is 0 Å². The molecule has 4 rings (SSSR count). The zero-order chi connectivity index (χ0) is 27.9. The summed E-state index contributed by atoms with van der Waals surface area (Å²) >= 11 is 0. The molecule has 194 valence electrons. The maximum Gasteiger partial charge on any atom is 0.435 e. The number of aromatic nitrogens is 3. The molecule has 0 bridgehead atoms. The van der Waals surface area contributed by atoms with Crippen molar-refractivity contribution in [2.75, 3.05) is 7.11 Å². The lowest BCUT2D eigenvalue weighted by Crippen LogP contribution is -2.22. The lowest BCUT2D eigenvalue weighted by molar-refractivity contribution is -0.141. The van der Waals surface area contributed by atoms with E-state index in [1.807, 2.05) is 6.07 Å². The van der Waals surface area contributed by atoms with Crippen molar-refractivity contribution in [3.05, 3.63) is 76.0 Å². The van der Waals surface area contributed by atoms with Crippen LogP contribution in [-0.4, -0.2) is 33.7 Å². The lowest BCUT2D eigenvalue weighted by Gasteiger charge is -2.16. The minimum Gasteiger partial charge on any atom is -0.496 e. The minimum absolute atomic E-state index is 0.147. The van der Waals surface area contributed by atoms with Gasteiger partial charge in [0.25, 0.3) is 5.91 Å². The van der Waals surface area contributed by atoms with Crippen LogP contribution in [0.5, 0.6) is 5.75 Å². The molecule has 38 heavy (non-hydrogen) atoms. The number of benzene rings is 2. The van der Waals surface area contributed by atoms with Crippen LogP contribution in [0.15, 0.2) is 36.4 Å². The number of ether oxygens (including phenoxy) is 1. The number of nitriles is 1. The highest BCUT2D eigenvalue weighted by Gasteiger charge is 2.41. The van der Waals surface area contributed by atoms with Gasteiger partial charge >= 0.3 is 6.18 Å². The number of rotatable bonds is 6. The van der Waals surface area contributed by atoms with Crippen molar-refractivity contribution >= 4 is 22.7 Å². The highest BCUT2D eigenvalue weighted by Crippen LogP contribution is 2.43. The van der Waals surface area contributed by atoms with E-state index in [1.165, 1.54) is 44.4 Å². The van der Waals surface area contributed by atoms with E-state index < -0.39 is 57.3 Å². The number of pyridine rings is 1. The molecular weight excluding hydrogens is 508 g/mol. The first-order valence-corrected chi connectivity index (χ1v) is 10.8. The van der Waals surface area contributed by atoms with Gasteiger partial charge in [0.2, 0.25) is 5.91 Å².